The molecule has 3 rings (SSSR count). The van der Waals surface area contributed by atoms with E-state index in [1.54, 1.807) is 7.11 Å². The maximum absolute atomic E-state index is 6.22. The van der Waals surface area contributed by atoms with Gasteiger partial charge in [0.2, 0.25) is 0 Å². The van der Waals surface area contributed by atoms with Crippen LogP contribution in [0.5, 0.6) is 11.5 Å². The highest BCUT2D eigenvalue weighted by atomic mass is 79.9. The maximum Gasteiger partial charge on any atom is 0.134 e. The van der Waals surface area contributed by atoms with Crippen molar-refractivity contribution in [1.29, 1.82) is 0 Å². The summed E-state index contributed by atoms with van der Waals surface area (Å²) in [6, 6.07) is 5.86. The quantitative estimate of drug-likeness (QED) is 0.791. The molecule has 0 saturated carbocycles. The van der Waals surface area contributed by atoms with Crippen LogP contribution in [0.15, 0.2) is 22.7 Å². The van der Waals surface area contributed by atoms with Crippen molar-refractivity contribution in [2.45, 2.75) is 37.4 Å². The third-order valence-corrected chi connectivity index (χ3v) is 5.89. The molecule has 2 saturated heterocycles. The zero-order chi connectivity index (χ0) is 14.7. The molecule has 0 aliphatic carbocycles. The molecule has 2 heterocycles. The van der Waals surface area contributed by atoms with Crippen LogP contribution >= 0.6 is 27.7 Å². The molecule has 0 radical (unpaired) electrons. The first kappa shape index (κ1) is 15.5. The predicted molar refractivity (Wildman–Crippen MR) is 89.6 cm³/mol. The standard InChI is InChI=1S/C16H21BrO3S/c1-18-12-2-3-15(14(17)10-12)20-13-4-7-19-16(11-13)5-8-21-9-6-16/h2-3,10,13H,4-9,11H2,1H3. The molecule has 0 amide bonds. The van der Waals surface area contributed by atoms with Crippen molar-refractivity contribution in [1.82, 2.24) is 0 Å². The number of hydrogen-bond donors (Lipinski definition) is 0. The summed E-state index contributed by atoms with van der Waals surface area (Å²) in [6.45, 7) is 0.809. The summed E-state index contributed by atoms with van der Waals surface area (Å²) in [5, 5.41) is 0. The molecule has 1 unspecified atom stereocenters. The number of hydrogen-bond acceptors (Lipinski definition) is 4. The van der Waals surface area contributed by atoms with Gasteiger partial charge in [0.15, 0.2) is 0 Å². The Morgan fingerprint density at radius 3 is 2.86 bits per heavy atom. The molecule has 116 valence electrons. The van der Waals surface area contributed by atoms with Crippen LogP contribution < -0.4 is 9.47 Å². The van der Waals surface area contributed by atoms with E-state index in [2.05, 4.69) is 15.9 Å². The van der Waals surface area contributed by atoms with Gasteiger partial charge in [0.25, 0.3) is 0 Å². The minimum atomic E-state index is 0.0626. The van der Waals surface area contributed by atoms with Gasteiger partial charge >= 0.3 is 0 Å². The Kier molecular flexibility index (Phi) is 5.02. The lowest BCUT2D eigenvalue weighted by molar-refractivity contribution is -0.116. The Morgan fingerprint density at radius 2 is 2.14 bits per heavy atom. The fraction of sp³-hybridized carbons (Fsp3) is 0.625. The topological polar surface area (TPSA) is 27.7 Å². The summed E-state index contributed by atoms with van der Waals surface area (Å²) in [5.41, 5.74) is 0.0626. The number of rotatable bonds is 3. The minimum absolute atomic E-state index is 0.0626. The van der Waals surface area contributed by atoms with Gasteiger partial charge in [-0.05, 0) is 58.5 Å². The third-order valence-electron chi connectivity index (χ3n) is 4.28. The molecular formula is C16H21BrO3S. The van der Waals surface area contributed by atoms with Crippen molar-refractivity contribution < 1.29 is 14.2 Å². The average Bonchev–Trinajstić information content (AvgIpc) is 2.50. The lowest BCUT2D eigenvalue weighted by Crippen LogP contribution is -2.46. The Balaban J connectivity index is 1.67. The molecular weight excluding hydrogens is 352 g/mol. The van der Waals surface area contributed by atoms with E-state index in [4.69, 9.17) is 14.2 Å². The molecule has 0 aromatic heterocycles. The Hall–Kier alpha value is -0.390. The van der Waals surface area contributed by atoms with Crippen molar-refractivity contribution >= 4 is 27.7 Å². The molecule has 2 fully saturated rings. The maximum atomic E-state index is 6.22. The van der Waals surface area contributed by atoms with Gasteiger partial charge in [0.1, 0.15) is 17.6 Å². The summed E-state index contributed by atoms with van der Waals surface area (Å²) < 4.78 is 18.5. The number of halogens is 1. The van der Waals surface area contributed by atoms with Gasteiger partial charge in [-0.1, -0.05) is 0 Å². The van der Waals surface area contributed by atoms with E-state index in [0.717, 1.165) is 48.3 Å². The monoisotopic (exact) mass is 372 g/mol. The van der Waals surface area contributed by atoms with Crippen LogP contribution in [0.1, 0.15) is 25.7 Å². The van der Waals surface area contributed by atoms with Gasteiger partial charge in [0, 0.05) is 12.8 Å². The molecule has 5 heteroatoms. The van der Waals surface area contributed by atoms with Gasteiger partial charge in [-0.25, -0.2) is 0 Å². The lowest BCUT2D eigenvalue weighted by atomic mass is 9.86. The number of methoxy groups -OCH3 is 1. The van der Waals surface area contributed by atoms with Crippen LogP contribution in [-0.2, 0) is 4.74 Å². The van der Waals surface area contributed by atoms with Gasteiger partial charge in [-0.2, -0.15) is 11.8 Å². The molecule has 1 aromatic carbocycles. The van der Waals surface area contributed by atoms with Gasteiger partial charge in [-0.15, -0.1) is 0 Å². The molecule has 1 atom stereocenters. The summed E-state index contributed by atoms with van der Waals surface area (Å²) in [4.78, 5) is 0. The lowest BCUT2D eigenvalue weighted by Gasteiger charge is -2.43. The largest absolute Gasteiger partial charge is 0.497 e. The molecule has 1 aromatic rings. The van der Waals surface area contributed by atoms with E-state index in [9.17, 15) is 0 Å². The zero-order valence-corrected chi connectivity index (χ0v) is 14.7. The van der Waals surface area contributed by atoms with Crippen LogP contribution in [0.25, 0.3) is 0 Å². The summed E-state index contributed by atoms with van der Waals surface area (Å²) >= 11 is 5.59. The van der Waals surface area contributed by atoms with Crippen LogP contribution in [0.3, 0.4) is 0 Å². The van der Waals surface area contributed by atoms with Crippen LogP contribution in [0.4, 0.5) is 0 Å². The van der Waals surface area contributed by atoms with Crippen molar-refractivity contribution in [2.75, 3.05) is 25.2 Å². The van der Waals surface area contributed by atoms with E-state index in [1.165, 1.54) is 11.5 Å². The fourth-order valence-electron chi connectivity index (χ4n) is 3.06. The molecule has 1 spiro atoms. The molecule has 0 bridgehead atoms. The highest BCUT2D eigenvalue weighted by Crippen LogP contribution is 2.39. The molecule has 3 nitrogen and oxygen atoms in total. The second kappa shape index (κ2) is 6.80. The Labute approximate surface area is 138 Å². The van der Waals surface area contributed by atoms with Crippen molar-refractivity contribution in [3.8, 4) is 11.5 Å². The Bertz CT molecular complexity index is 483. The highest BCUT2D eigenvalue weighted by molar-refractivity contribution is 9.10. The highest BCUT2D eigenvalue weighted by Gasteiger charge is 2.39. The number of thioether (sulfide) groups is 1. The predicted octanol–water partition coefficient (Wildman–Crippen LogP) is 4.28. The smallest absolute Gasteiger partial charge is 0.134 e. The molecule has 21 heavy (non-hydrogen) atoms. The van der Waals surface area contributed by atoms with Crippen LogP contribution in [0, 0.1) is 0 Å². The SMILES string of the molecule is COc1ccc(OC2CCOC3(CCSCC3)C2)c(Br)c1. The second-order valence-electron chi connectivity index (χ2n) is 5.67. The van der Waals surface area contributed by atoms with E-state index >= 15 is 0 Å². The van der Waals surface area contributed by atoms with Crippen molar-refractivity contribution in [3.05, 3.63) is 22.7 Å². The van der Waals surface area contributed by atoms with Crippen LogP contribution in [-0.4, -0.2) is 36.9 Å². The number of ether oxygens (including phenoxy) is 3. The van der Waals surface area contributed by atoms with Gasteiger partial charge in [0.05, 0.1) is 23.8 Å². The van der Waals surface area contributed by atoms with Crippen LogP contribution in [0.2, 0.25) is 0 Å². The minimum Gasteiger partial charge on any atom is -0.497 e. The fourth-order valence-corrected chi connectivity index (χ4v) is 4.75. The first-order valence-corrected chi connectivity index (χ1v) is 9.37. The van der Waals surface area contributed by atoms with Gasteiger partial charge < -0.3 is 14.2 Å². The van der Waals surface area contributed by atoms with E-state index in [0.29, 0.717) is 0 Å². The average molecular weight is 373 g/mol. The Morgan fingerprint density at radius 1 is 1.33 bits per heavy atom. The number of benzene rings is 1. The molecule has 2 aliphatic heterocycles. The zero-order valence-electron chi connectivity index (χ0n) is 12.3. The molecule has 0 N–H and O–H groups in total. The van der Waals surface area contributed by atoms with E-state index in [1.807, 2.05) is 30.0 Å². The van der Waals surface area contributed by atoms with Crippen molar-refractivity contribution in [3.63, 3.8) is 0 Å². The van der Waals surface area contributed by atoms with E-state index in [-0.39, 0.29) is 11.7 Å². The summed E-state index contributed by atoms with van der Waals surface area (Å²) in [5.74, 6) is 4.14. The normalized spacial score (nSPS) is 24.8. The first-order chi connectivity index (χ1) is 10.2. The van der Waals surface area contributed by atoms with Crippen molar-refractivity contribution in [2.24, 2.45) is 0 Å². The second-order valence-corrected chi connectivity index (χ2v) is 7.75. The first-order valence-electron chi connectivity index (χ1n) is 7.43. The van der Waals surface area contributed by atoms with Gasteiger partial charge in [-0.3, -0.25) is 0 Å². The third kappa shape index (κ3) is 3.69. The molecule has 2 aliphatic rings. The van der Waals surface area contributed by atoms with E-state index < -0.39 is 0 Å². The summed E-state index contributed by atoms with van der Waals surface area (Å²) in [7, 11) is 1.67. The summed E-state index contributed by atoms with van der Waals surface area (Å²) in [6.07, 6.45) is 4.52.